The number of hydrogen-bond acceptors (Lipinski definition) is 2. The number of amides is 1. The van der Waals surface area contributed by atoms with Crippen molar-refractivity contribution < 1.29 is 14.7 Å². The van der Waals surface area contributed by atoms with Gasteiger partial charge in [0.1, 0.15) is 0 Å². The Labute approximate surface area is 187 Å². The van der Waals surface area contributed by atoms with Crippen LogP contribution in [0.25, 0.3) is 0 Å². The Morgan fingerprint density at radius 2 is 1.32 bits per heavy atom. The van der Waals surface area contributed by atoms with Gasteiger partial charge in [0.25, 0.3) is 0 Å². The average molecular weight is 426 g/mol. The zero-order valence-corrected chi connectivity index (χ0v) is 18.9. The molecule has 2 saturated carbocycles. The Bertz CT molecular complexity index is 705. The summed E-state index contributed by atoms with van der Waals surface area (Å²) in [5, 5.41) is 9.07. The molecule has 1 N–H and O–H groups in total. The van der Waals surface area contributed by atoms with Crippen LogP contribution in [0, 0.1) is 23.7 Å². The van der Waals surface area contributed by atoms with Crippen molar-refractivity contribution in [3.8, 4) is 0 Å². The molecule has 4 rings (SSSR count). The van der Waals surface area contributed by atoms with Gasteiger partial charge in [-0.15, -0.1) is 0 Å². The molecule has 4 heteroatoms. The second-order valence-electron chi connectivity index (χ2n) is 10.3. The van der Waals surface area contributed by atoms with Gasteiger partial charge in [-0.1, -0.05) is 50.7 Å². The van der Waals surface area contributed by atoms with Gasteiger partial charge < -0.3 is 10.0 Å². The number of carboxylic acids is 1. The summed E-state index contributed by atoms with van der Waals surface area (Å²) < 4.78 is 0. The number of carboxylic acid groups (broad SMARTS) is 1. The van der Waals surface area contributed by atoms with Crippen LogP contribution >= 0.6 is 0 Å². The maximum Gasteiger partial charge on any atom is 0.335 e. The first-order valence-electron chi connectivity index (χ1n) is 12.7. The molecule has 1 aromatic carbocycles. The highest BCUT2D eigenvalue weighted by Crippen LogP contribution is 2.41. The molecule has 1 aromatic rings. The fourth-order valence-corrected chi connectivity index (χ4v) is 6.46. The molecule has 3 aliphatic rings. The summed E-state index contributed by atoms with van der Waals surface area (Å²) in [6.07, 6.45) is 16.1. The van der Waals surface area contributed by atoms with Gasteiger partial charge in [-0.2, -0.15) is 0 Å². The quantitative estimate of drug-likeness (QED) is 0.613. The zero-order valence-electron chi connectivity index (χ0n) is 18.9. The number of piperidine rings is 1. The Hall–Kier alpha value is -1.84. The fourth-order valence-electron chi connectivity index (χ4n) is 6.46. The molecule has 0 unspecified atom stereocenters. The van der Waals surface area contributed by atoms with E-state index < -0.39 is 5.97 Å². The fraction of sp³-hybridized carbons (Fsp3) is 0.704. The Morgan fingerprint density at radius 3 is 1.81 bits per heavy atom. The molecule has 3 fully saturated rings. The monoisotopic (exact) mass is 425 g/mol. The summed E-state index contributed by atoms with van der Waals surface area (Å²) in [6, 6.07) is 7.30. The lowest BCUT2D eigenvalue weighted by molar-refractivity contribution is -0.142. The second kappa shape index (κ2) is 10.7. The van der Waals surface area contributed by atoms with E-state index in [1.54, 1.807) is 12.1 Å². The lowest BCUT2D eigenvalue weighted by Gasteiger charge is -2.41. The molecule has 0 atom stereocenters. The van der Waals surface area contributed by atoms with Gasteiger partial charge in [-0.3, -0.25) is 4.79 Å². The summed E-state index contributed by atoms with van der Waals surface area (Å²) in [7, 11) is 0. The third-order valence-electron chi connectivity index (χ3n) is 8.25. The third kappa shape index (κ3) is 5.70. The summed E-state index contributed by atoms with van der Waals surface area (Å²) in [4.78, 5) is 27.0. The van der Waals surface area contributed by atoms with E-state index in [1.165, 1.54) is 69.8 Å². The number of carbonyl (C=O) groups excluding carboxylic acids is 1. The highest BCUT2D eigenvalue weighted by atomic mass is 16.4. The van der Waals surface area contributed by atoms with Crippen molar-refractivity contribution in [2.24, 2.45) is 23.7 Å². The largest absolute Gasteiger partial charge is 0.478 e. The van der Waals surface area contributed by atoms with E-state index in [2.05, 4.69) is 4.90 Å². The highest BCUT2D eigenvalue weighted by molar-refractivity contribution is 5.87. The van der Waals surface area contributed by atoms with Crippen molar-refractivity contribution in [1.82, 2.24) is 4.90 Å². The first-order chi connectivity index (χ1) is 15.1. The normalized spacial score (nSPS) is 22.0. The molecule has 1 saturated heterocycles. The summed E-state index contributed by atoms with van der Waals surface area (Å²) in [5.41, 5.74) is 1.55. The predicted molar refractivity (Wildman–Crippen MR) is 123 cm³/mol. The van der Waals surface area contributed by atoms with Crippen molar-refractivity contribution >= 4 is 11.9 Å². The number of benzene rings is 1. The summed E-state index contributed by atoms with van der Waals surface area (Å²) in [5.74, 6) is 1.71. The smallest absolute Gasteiger partial charge is 0.335 e. The van der Waals surface area contributed by atoms with Crippen molar-refractivity contribution in [2.75, 3.05) is 13.1 Å². The molecule has 0 spiro atoms. The van der Waals surface area contributed by atoms with Gasteiger partial charge in [0, 0.05) is 19.0 Å². The number of hydrogen-bond donors (Lipinski definition) is 1. The van der Waals surface area contributed by atoms with E-state index in [9.17, 15) is 9.59 Å². The Morgan fingerprint density at radius 1 is 0.806 bits per heavy atom. The van der Waals surface area contributed by atoms with Crippen molar-refractivity contribution in [3.05, 3.63) is 35.4 Å². The van der Waals surface area contributed by atoms with E-state index in [-0.39, 0.29) is 5.92 Å². The van der Waals surface area contributed by atoms with Crippen LogP contribution in [0.15, 0.2) is 24.3 Å². The number of rotatable bonds is 6. The van der Waals surface area contributed by atoms with Crippen molar-refractivity contribution in [3.63, 3.8) is 0 Å². The standard InChI is InChI=1S/C27H39NO3/c29-26(25(22-7-3-1-4-8-22)23-9-5-2-6-10-23)28-17-15-21(16-18-28)19-20-11-13-24(14-12-20)27(30)31/h11-14,21-23,25H,1-10,15-19H2,(H,30,31). The average Bonchev–Trinajstić information content (AvgIpc) is 2.81. The van der Waals surface area contributed by atoms with Gasteiger partial charge >= 0.3 is 5.97 Å². The molecule has 2 aliphatic carbocycles. The molecular formula is C27H39NO3. The molecule has 0 aromatic heterocycles. The van der Waals surface area contributed by atoms with E-state index >= 15 is 0 Å². The van der Waals surface area contributed by atoms with E-state index in [0.29, 0.717) is 29.2 Å². The lowest BCUT2D eigenvalue weighted by atomic mass is 9.69. The maximum atomic E-state index is 13.7. The third-order valence-corrected chi connectivity index (χ3v) is 8.25. The minimum Gasteiger partial charge on any atom is -0.478 e. The molecule has 0 bridgehead atoms. The second-order valence-corrected chi connectivity index (χ2v) is 10.3. The van der Waals surface area contributed by atoms with Crippen LogP contribution in [0.2, 0.25) is 0 Å². The van der Waals surface area contributed by atoms with Crippen LogP contribution in [0.1, 0.15) is 93.0 Å². The van der Waals surface area contributed by atoms with Gasteiger partial charge in [-0.25, -0.2) is 4.79 Å². The van der Waals surface area contributed by atoms with Crippen molar-refractivity contribution in [2.45, 2.75) is 83.5 Å². The van der Waals surface area contributed by atoms with Crippen LogP contribution in [-0.2, 0) is 11.2 Å². The van der Waals surface area contributed by atoms with Gasteiger partial charge in [0.2, 0.25) is 5.91 Å². The molecule has 0 radical (unpaired) electrons. The zero-order chi connectivity index (χ0) is 21.6. The van der Waals surface area contributed by atoms with Crippen LogP contribution in [0.4, 0.5) is 0 Å². The molecule has 31 heavy (non-hydrogen) atoms. The van der Waals surface area contributed by atoms with Crippen LogP contribution in [0.5, 0.6) is 0 Å². The van der Waals surface area contributed by atoms with E-state index in [0.717, 1.165) is 32.4 Å². The number of carbonyl (C=O) groups is 2. The highest BCUT2D eigenvalue weighted by Gasteiger charge is 2.39. The Balaban J connectivity index is 1.34. The summed E-state index contributed by atoms with van der Waals surface area (Å²) in [6.45, 7) is 1.79. The molecule has 4 nitrogen and oxygen atoms in total. The first-order valence-corrected chi connectivity index (χ1v) is 12.7. The van der Waals surface area contributed by atoms with Crippen molar-refractivity contribution in [1.29, 1.82) is 0 Å². The lowest BCUT2D eigenvalue weighted by Crippen LogP contribution is -2.46. The minimum atomic E-state index is -0.871. The summed E-state index contributed by atoms with van der Waals surface area (Å²) >= 11 is 0. The molecule has 170 valence electrons. The predicted octanol–water partition coefficient (Wildman–Crippen LogP) is 5.94. The van der Waals surface area contributed by atoms with E-state index in [1.807, 2.05) is 12.1 Å². The van der Waals surface area contributed by atoms with Gasteiger partial charge in [-0.05, 0) is 80.4 Å². The van der Waals surface area contributed by atoms with Gasteiger partial charge in [0.05, 0.1) is 5.56 Å². The molecule has 1 heterocycles. The number of aromatic carboxylic acids is 1. The van der Waals surface area contributed by atoms with E-state index in [4.69, 9.17) is 5.11 Å². The SMILES string of the molecule is O=C(O)c1ccc(CC2CCN(C(=O)C(C3CCCCC3)C3CCCCC3)CC2)cc1. The van der Waals surface area contributed by atoms with Crippen LogP contribution < -0.4 is 0 Å². The molecular weight excluding hydrogens is 386 g/mol. The Kier molecular flexibility index (Phi) is 7.68. The maximum absolute atomic E-state index is 13.7. The number of likely N-dealkylation sites (tertiary alicyclic amines) is 1. The number of nitrogens with zero attached hydrogens (tertiary/aromatic N) is 1. The molecule has 1 amide bonds. The topological polar surface area (TPSA) is 57.6 Å². The van der Waals surface area contributed by atoms with Crippen LogP contribution in [0.3, 0.4) is 0 Å². The van der Waals surface area contributed by atoms with Crippen LogP contribution in [-0.4, -0.2) is 35.0 Å². The first kappa shape index (κ1) is 22.4. The molecule has 1 aliphatic heterocycles. The van der Waals surface area contributed by atoms with Gasteiger partial charge in [0.15, 0.2) is 0 Å². The minimum absolute atomic E-state index is 0.278.